The van der Waals surface area contributed by atoms with E-state index < -0.39 is 0 Å². The molecule has 2 saturated carbocycles. The minimum Gasteiger partial charge on any atom is -0.460 e. The molecule has 158 valence electrons. The zero-order valence-corrected chi connectivity index (χ0v) is 17.3. The molecule has 0 bridgehead atoms. The molecule has 0 saturated heterocycles. The second kappa shape index (κ2) is 8.60. The summed E-state index contributed by atoms with van der Waals surface area (Å²) in [6.45, 7) is 0.682. The van der Waals surface area contributed by atoms with E-state index in [-0.39, 0.29) is 6.10 Å². The Labute approximate surface area is 177 Å². The number of benzene rings is 1. The van der Waals surface area contributed by atoms with Gasteiger partial charge >= 0.3 is 6.01 Å². The molecule has 7 nitrogen and oxygen atoms in total. The first-order chi connectivity index (χ1) is 14.8. The largest absolute Gasteiger partial charge is 0.460 e. The SMILES string of the molecule is NC1CCC(Oc2nc(NCc3ccccc3)c3ncn(C4CCCC4)c3n2)CC1. The zero-order chi connectivity index (χ0) is 20.3. The number of nitrogens with zero attached hydrogens (tertiary/aromatic N) is 4. The Morgan fingerprint density at radius 3 is 2.53 bits per heavy atom. The van der Waals surface area contributed by atoms with Crippen LogP contribution in [0.3, 0.4) is 0 Å². The van der Waals surface area contributed by atoms with E-state index >= 15 is 0 Å². The molecule has 5 rings (SSSR count). The number of nitrogens with two attached hydrogens (primary N) is 1. The average Bonchev–Trinajstić information content (AvgIpc) is 3.44. The summed E-state index contributed by atoms with van der Waals surface area (Å²) in [6.07, 6.45) is 10.8. The van der Waals surface area contributed by atoms with Crippen LogP contribution >= 0.6 is 0 Å². The molecule has 3 aromatic rings. The van der Waals surface area contributed by atoms with Crippen molar-refractivity contribution < 1.29 is 4.74 Å². The average molecular weight is 407 g/mol. The third-order valence-corrected chi connectivity index (χ3v) is 6.41. The quantitative estimate of drug-likeness (QED) is 0.637. The molecular formula is C23H30N6O. The normalized spacial score (nSPS) is 22.4. The summed E-state index contributed by atoms with van der Waals surface area (Å²) in [5, 5.41) is 3.47. The first-order valence-corrected chi connectivity index (χ1v) is 11.2. The summed E-state index contributed by atoms with van der Waals surface area (Å²) in [6, 6.07) is 11.5. The summed E-state index contributed by atoms with van der Waals surface area (Å²) >= 11 is 0. The van der Waals surface area contributed by atoms with Gasteiger partial charge in [0.2, 0.25) is 0 Å². The van der Waals surface area contributed by atoms with Gasteiger partial charge in [-0.3, -0.25) is 0 Å². The number of ether oxygens (including phenoxy) is 1. The maximum absolute atomic E-state index is 6.23. The highest BCUT2D eigenvalue weighted by molar-refractivity contribution is 5.83. The predicted molar refractivity (Wildman–Crippen MR) is 117 cm³/mol. The van der Waals surface area contributed by atoms with Crippen molar-refractivity contribution >= 4 is 17.0 Å². The van der Waals surface area contributed by atoms with E-state index in [4.69, 9.17) is 20.4 Å². The van der Waals surface area contributed by atoms with Crippen molar-refractivity contribution in [3.8, 4) is 6.01 Å². The highest BCUT2D eigenvalue weighted by Gasteiger charge is 2.24. The molecule has 0 amide bonds. The number of nitrogens with one attached hydrogen (secondary N) is 1. The number of anilines is 1. The Kier molecular flexibility index (Phi) is 5.53. The summed E-state index contributed by atoms with van der Waals surface area (Å²) in [5.41, 5.74) is 8.93. The smallest absolute Gasteiger partial charge is 0.320 e. The Balaban J connectivity index is 1.45. The second-order valence-corrected chi connectivity index (χ2v) is 8.61. The lowest BCUT2D eigenvalue weighted by Crippen LogP contribution is -2.32. The number of imidazole rings is 1. The van der Waals surface area contributed by atoms with Crippen molar-refractivity contribution in [2.45, 2.75) is 76.1 Å². The fourth-order valence-electron chi connectivity index (χ4n) is 4.66. The van der Waals surface area contributed by atoms with E-state index in [1.807, 2.05) is 24.5 Å². The molecule has 2 fully saturated rings. The minimum atomic E-state index is 0.132. The second-order valence-electron chi connectivity index (χ2n) is 8.61. The van der Waals surface area contributed by atoms with Crippen LogP contribution in [0.4, 0.5) is 5.82 Å². The topological polar surface area (TPSA) is 90.9 Å². The third kappa shape index (κ3) is 4.12. The molecule has 0 aliphatic heterocycles. The first-order valence-electron chi connectivity index (χ1n) is 11.2. The minimum absolute atomic E-state index is 0.132. The maximum Gasteiger partial charge on any atom is 0.320 e. The van der Waals surface area contributed by atoms with Crippen molar-refractivity contribution in [3.05, 3.63) is 42.2 Å². The highest BCUT2D eigenvalue weighted by Crippen LogP contribution is 2.33. The van der Waals surface area contributed by atoms with Crippen LogP contribution in [0.25, 0.3) is 11.2 Å². The van der Waals surface area contributed by atoms with Crippen molar-refractivity contribution in [1.82, 2.24) is 19.5 Å². The van der Waals surface area contributed by atoms with Gasteiger partial charge in [0, 0.05) is 18.6 Å². The summed E-state index contributed by atoms with van der Waals surface area (Å²) in [7, 11) is 0. The van der Waals surface area contributed by atoms with Gasteiger partial charge in [0.1, 0.15) is 6.10 Å². The fourth-order valence-corrected chi connectivity index (χ4v) is 4.66. The Morgan fingerprint density at radius 1 is 1.00 bits per heavy atom. The molecule has 3 N–H and O–H groups in total. The van der Waals surface area contributed by atoms with E-state index in [2.05, 4.69) is 27.0 Å². The van der Waals surface area contributed by atoms with Gasteiger partial charge in [-0.25, -0.2) is 4.98 Å². The van der Waals surface area contributed by atoms with Crippen molar-refractivity contribution in [2.24, 2.45) is 5.73 Å². The molecule has 0 spiro atoms. The third-order valence-electron chi connectivity index (χ3n) is 6.41. The Bertz CT molecular complexity index is 974. The van der Waals surface area contributed by atoms with Crippen LogP contribution in [-0.2, 0) is 6.54 Å². The summed E-state index contributed by atoms with van der Waals surface area (Å²) in [5.74, 6) is 0.739. The molecule has 0 unspecified atom stereocenters. The van der Waals surface area contributed by atoms with Crippen LogP contribution in [0.15, 0.2) is 36.7 Å². The van der Waals surface area contributed by atoms with E-state index in [0.29, 0.717) is 24.6 Å². The molecule has 2 aliphatic rings. The maximum atomic E-state index is 6.23. The van der Waals surface area contributed by atoms with Gasteiger partial charge in [-0.1, -0.05) is 43.2 Å². The molecule has 2 heterocycles. The van der Waals surface area contributed by atoms with Crippen LogP contribution < -0.4 is 15.8 Å². The fraction of sp³-hybridized carbons (Fsp3) is 0.522. The van der Waals surface area contributed by atoms with Gasteiger partial charge in [-0.2, -0.15) is 9.97 Å². The van der Waals surface area contributed by atoms with Gasteiger partial charge in [0.15, 0.2) is 17.0 Å². The van der Waals surface area contributed by atoms with E-state index in [1.54, 1.807) is 0 Å². The number of hydrogen-bond donors (Lipinski definition) is 2. The number of rotatable bonds is 6. The lowest BCUT2D eigenvalue weighted by molar-refractivity contribution is 0.135. The van der Waals surface area contributed by atoms with E-state index in [0.717, 1.165) is 42.7 Å². The molecule has 0 atom stereocenters. The first kappa shape index (κ1) is 19.3. The number of fused-ring (bicyclic) bond motifs is 1. The molecule has 2 aliphatic carbocycles. The van der Waals surface area contributed by atoms with E-state index in [1.165, 1.54) is 31.2 Å². The lowest BCUT2D eigenvalue weighted by Gasteiger charge is -2.26. The standard InChI is InChI=1S/C23H30N6O/c24-17-10-12-19(13-11-17)30-23-27-21(25-14-16-6-2-1-3-7-16)20-22(28-23)29(15-26-20)18-8-4-5-9-18/h1-3,6-7,15,17-19H,4-5,8-14,24H2,(H,25,27,28). The van der Waals surface area contributed by atoms with Gasteiger partial charge in [-0.15, -0.1) is 0 Å². The molecule has 30 heavy (non-hydrogen) atoms. The molecule has 1 aromatic carbocycles. The van der Waals surface area contributed by atoms with Gasteiger partial charge in [-0.05, 0) is 44.1 Å². The molecular weight excluding hydrogens is 376 g/mol. The van der Waals surface area contributed by atoms with Crippen LogP contribution in [0, 0.1) is 0 Å². The predicted octanol–water partition coefficient (Wildman–Crippen LogP) is 4.20. The van der Waals surface area contributed by atoms with Gasteiger partial charge in [0.05, 0.1) is 6.33 Å². The van der Waals surface area contributed by atoms with Gasteiger partial charge in [0.25, 0.3) is 0 Å². The number of hydrogen-bond acceptors (Lipinski definition) is 6. The van der Waals surface area contributed by atoms with Gasteiger partial charge < -0.3 is 20.4 Å². The van der Waals surface area contributed by atoms with Crippen LogP contribution in [0.5, 0.6) is 6.01 Å². The van der Waals surface area contributed by atoms with Crippen molar-refractivity contribution in [1.29, 1.82) is 0 Å². The number of aromatic nitrogens is 4. The van der Waals surface area contributed by atoms with E-state index in [9.17, 15) is 0 Å². The van der Waals surface area contributed by atoms with Crippen molar-refractivity contribution in [3.63, 3.8) is 0 Å². The highest BCUT2D eigenvalue weighted by atomic mass is 16.5. The monoisotopic (exact) mass is 406 g/mol. The zero-order valence-electron chi connectivity index (χ0n) is 17.3. The Morgan fingerprint density at radius 2 is 1.77 bits per heavy atom. The molecule has 2 aromatic heterocycles. The molecule has 7 heteroatoms. The summed E-state index contributed by atoms with van der Waals surface area (Å²) < 4.78 is 8.46. The molecule has 0 radical (unpaired) electrons. The lowest BCUT2D eigenvalue weighted by atomic mass is 9.94. The Hall–Kier alpha value is -2.67. The van der Waals surface area contributed by atoms with Crippen LogP contribution in [-0.4, -0.2) is 31.7 Å². The van der Waals surface area contributed by atoms with Crippen molar-refractivity contribution in [2.75, 3.05) is 5.32 Å². The van der Waals surface area contributed by atoms with Crippen LogP contribution in [0.1, 0.15) is 63.0 Å². The summed E-state index contributed by atoms with van der Waals surface area (Å²) in [4.78, 5) is 14.2. The van der Waals surface area contributed by atoms with Crippen LogP contribution in [0.2, 0.25) is 0 Å².